The van der Waals surface area contributed by atoms with Crippen LogP contribution in [0, 0.1) is 6.92 Å². The van der Waals surface area contributed by atoms with Crippen molar-refractivity contribution in [1.29, 1.82) is 0 Å². The van der Waals surface area contributed by atoms with Crippen molar-refractivity contribution in [2.24, 2.45) is 11.5 Å². The van der Waals surface area contributed by atoms with Crippen LogP contribution in [0.25, 0.3) is 0 Å². The average molecular weight is 222 g/mol. The van der Waals surface area contributed by atoms with Gasteiger partial charge in [0.15, 0.2) is 6.61 Å². The summed E-state index contributed by atoms with van der Waals surface area (Å²) in [5, 5.41) is 0. The van der Waals surface area contributed by atoms with Crippen LogP contribution in [-0.4, -0.2) is 18.6 Å². The number of carbonyl (C=O) groups is 1. The molecule has 0 aliphatic heterocycles. The smallest absolute Gasteiger partial charge is 0.255 e. The Bertz CT molecular complexity index is 375. The van der Waals surface area contributed by atoms with Gasteiger partial charge in [-0.15, -0.1) is 0 Å². The Hall–Kier alpha value is -1.55. The molecule has 0 aliphatic carbocycles. The Labute approximate surface area is 95.6 Å². The van der Waals surface area contributed by atoms with Crippen molar-refractivity contribution in [1.82, 2.24) is 0 Å². The van der Waals surface area contributed by atoms with E-state index in [0.717, 1.165) is 17.5 Å². The highest BCUT2D eigenvalue weighted by atomic mass is 16.5. The first-order chi connectivity index (χ1) is 7.49. The molecule has 4 N–H and O–H groups in total. The highest BCUT2D eigenvalue weighted by Gasteiger charge is 2.07. The van der Waals surface area contributed by atoms with Gasteiger partial charge in [0.2, 0.25) is 0 Å². The molecule has 1 aromatic carbocycles. The number of ether oxygens (including phenoxy) is 1. The van der Waals surface area contributed by atoms with Crippen molar-refractivity contribution in [3.05, 3.63) is 29.3 Å². The lowest BCUT2D eigenvalue weighted by Crippen LogP contribution is -2.22. The van der Waals surface area contributed by atoms with Gasteiger partial charge >= 0.3 is 0 Å². The van der Waals surface area contributed by atoms with Crippen molar-refractivity contribution in [2.75, 3.05) is 6.61 Å². The van der Waals surface area contributed by atoms with Crippen molar-refractivity contribution in [3.63, 3.8) is 0 Å². The molecule has 1 rings (SSSR count). The van der Waals surface area contributed by atoms with Crippen molar-refractivity contribution < 1.29 is 9.53 Å². The second-order valence-corrected chi connectivity index (χ2v) is 4.05. The quantitative estimate of drug-likeness (QED) is 0.771. The van der Waals surface area contributed by atoms with Crippen LogP contribution in [0.1, 0.15) is 18.1 Å². The maximum Gasteiger partial charge on any atom is 0.255 e. The molecule has 4 heteroatoms. The fraction of sp³-hybridized carbons (Fsp3) is 0.417. The van der Waals surface area contributed by atoms with Gasteiger partial charge in [0, 0.05) is 6.04 Å². The van der Waals surface area contributed by atoms with Gasteiger partial charge in [-0.2, -0.15) is 0 Å². The summed E-state index contributed by atoms with van der Waals surface area (Å²) in [7, 11) is 0. The number of carbonyl (C=O) groups excluding carboxylic acids is 1. The molecule has 0 radical (unpaired) electrons. The molecule has 16 heavy (non-hydrogen) atoms. The van der Waals surface area contributed by atoms with Gasteiger partial charge in [0.25, 0.3) is 5.91 Å². The van der Waals surface area contributed by atoms with E-state index in [-0.39, 0.29) is 12.6 Å². The van der Waals surface area contributed by atoms with Gasteiger partial charge in [0.05, 0.1) is 0 Å². The highest BCUT2D eigenvalue weighted by Crippen LogP contribution is 2.21. The lowest BCUT2D eigenvalue weighted by atomic mass is 10.0. The number of rotatable bonds is 5. The minimum atomic E-state index is -0.479. The monoisotopic (exact) mass is 222 g/mol. The molecule has 1 amide bonds. The summed E-state index contributed by atoms with van der Waals surface area (Å²) in [5.74, 6) is 0.203. The van der Waals surface area contributed by atoms with Crippen LogP contribution in [0.4, 0.5) is 0 Å². The van der Waals surface area contributed by atoms with Crippen LogP contribution >= 0.6 is 0 Å². The normalized spacial score (nSPS) is 12.2. The van der Waals surface area contributed by atoms with E-state index in [1.165, 1.54) is 0 Å². The van der Waals surface area contributed by atoms with Crippen LogP contribution in [0.15, 0.2) is 18.2 Å². The Balaban J connectivity index is 2.84. The van der Waals surface area contributed by atoms with Gasteiger partial charge in [-0.25, -0.2) is 0 Å². The van der Waals surface area contributed by atoms with Gasteiger partial charge in [-0.3, -0.25) is 4.79 Å². The Morgan fingerprint density at radius 2 is 2.19 bits per heavy atom. The summed E-state index contributed by atoms with van der Waals surface area (Å²) in [6.07, 6.45) is 0.718. The SMILES string of the molecule is Cc1ccc(OCC(N)=O)c(CC(C)N)c1. The zero-order chi connectivity index (χ0) is 12.1. The van der Waals surface area contributed by atoms with Crippen LogP contribution in [0.3, 0.4) is 0 Å². The summed E-state index contributed by atoms with van der Waals surface area (Å²) >= 11 is 0. The molecule has 0 saturated carbocycles. The molecule has 0 aliphatic rings. The van der Waals surface area contributed by atoms with E-state index in [1.54, 1.807) is 0 Å². The first kappa shape index (κ1) is 12.5. The molecular formula is C12H18N2O2. The fourth-order valence-corrected chi connectivity index (χ4v) is 1.50. The second-order valence-electron chi connectivity index (χ2n) is 4.05. The average Bonchev–Trinajstić information content (AvgIpc) is 2.15. The molecule has 1 unspecified atom stereocenters. The topological polar surface area (TPSA) is 78.3 Å². The van der Waals surface area contributed by atoms with Crippen LogP contribution in [0.2, 0.25) is 0 Å². The summed E-state index contributed by atoms with van der Waals surface area (Å²) in [6.45, 7) is 3.83. The van der Waals surface area contributed by atoms with Crippen molar-refractivity contribution in [3.8, 4) is 5.75 Å². The minimum Gasteiger partial charge on any atom is -0.484 e. The maximum atomic E-state index is 10.6. The lowest BCUT2D eigenvalue weighted by molar-refractivity contribution is -0.119. The van der Waals surface area contributed by atoms with Gasteiger partial charge in [-0.1, -0.05) is 17.7 Å². The molecule has 1 atom stereocenters. The Kier molecular flexibility index (Phi) is 4.31. The molecule has 88 valence electrons. The molecule has 0 fully saturated rings. The molecule has 0 saturated heterocycles. The molecule has 0 heterocycles. The van der Waals surface area contributed by atoms with Crippen LogP contribution < -0.4 is 16.2 Å². The van der Waals surface area contributed by atoms with E-state index in [2.05, 4.69) is 0 Å². The fourth-order valence-electron chi connectivity index (χ4n) is 1.50. The maximum absolute atomic E-state index is 10.6. The number of aryl methyl sites for hydroxylation is 1. The third-order valence-corrected chi connectivity index (χ3v) is 2.13. The number of hydrogen-bond acceptors (Lipinski definition) is 3. The highest BCUT2D eigenvalue weighted by molar-refractivity contribution is 5.75. The molecular weight excluding hydrogens is 204 g/mol. The van der Waals surface area contributed by atoms with Gasteiger partial charge < -0.3 is 16.2 Å². The predicted octanol–water partition coefficient (Wildman–Crippen LogP) is 0.749. The molecule has 0 bridgehead atoms. The zero-order valence-electron chi connectivity index (χ0n) is 9.69. The largest absolute Gasteiger partial charge is 0.484 e. The first-order valence-corrected chi connectivity index (χ1v) is 5.25. The van der Waals surface area contributed by atoms with E-state index in [9.17, 15) is 4.79 Å². The summed E-state index contributed by atoms with van der Waals surface area (Å²) in [4.78, 5) is 10.6. The Morgan fingerprint density at radius 1 is 1.50 bits per heavy atom. The van der Waals surface area contributed by atoms with E-state index in [4.69, 9.17) is 16.2 Å². The lowest BCUT2D eigenvalue weighted by Gasteiger charge is -2.12. The second kappa shape index (κ2) is 5.51. The first-order valence-electron chi connectivity index (χ1n) is 5.25. The third-order valence-electron chi connectivity index (χ3n) is 2.13. The van der Waals surface area contributed by atoms with E-state index in [0.29, 0.717) is 5.75 Å². The minimum absolute atomic E-state index is 0.0535. The Morgan fingerprint density at radius 3 is 2.75 bits per heavy atom. The number of benzene rings is 1. The number of amides is 1. The molecule has 0 aromatic heterocycles. The van der Waals surface area contributed by atoms with Gasteiger partial charge in [0.1, 0.15) is 5.75 Å². The summed E-state index contributed by atoms with van der Waals surface area (Å²) in [5.41, 5.74) is 12.9. The van der Waals surface area contributed by atoms with E-state index < -0.39 is 5.91 Å². The van der Waals surface area contributed by atoms with Gasteiger partial charge in [-0.05, 0) is 31.9 Å². The molecule has 0 spiro atoms. The standard InChI is InChI=1S/C12H18N2O2/c1-8-3-4-11(16-7-12(14)15)10(5-8)6-9(2)13/h3-5,9H,6-7,13H2,1-2H3,(H2,14,15). The number of primary amides is 1. The number of hydrogen-bond donors (Lipinski definition) is 2. The van der Waals surface area contributed by atoms with Crippen LogP contribution in [0.5, 0.6) is 5.75 Å². The van der Waals surface area contributed by atoms with Crippen molar-refractivity contribution in [2.45, 2.75) is 26.3 Å². The number of nitrogens with two attached hydrogens (primary N) is 2. The van der Waals surface area contributed by atoms with E-state index >= 15 is 0 Å². The van der Waals surface area contributed by atoms with Crippen molar-refractivity contribution >= 4 is 5.91 Å². The van der Waals surface area contributed by atoms with Crippen LogP contribution in [-0.2, 0) is 11.2 Å². The summed E-state index contributed by atoms with van der Waals surface area (Å²) < 4.78 is 5.32. The predicted molar refractivity (Wildman–Crippen MR) is 63.2 cm³/mol. The summed E-state index contributed by atoms with van der Waals surface area (Å²) in [6, 6.07) is 5.84. The zero-order valence-corrected chi connectivity index (χ0v) is 9.69. The molecule has 1 aromatic rings. The van der Waals surface area contributed by atoms with E-state index in [1.807, 2.05) is 32.0 Å². The third kappa shape index (κ3) is 3.90. The molecule has 4 nitrogen and oxygen atoms in total.